The number of hydrogen-bond donors (Lipinski definition) is 3. The van der Waals surface area contributed by atoms with Crippen LogP contribution in [0.4, 0.5) is 5.69 Å². The van der Waals surface area contributed by atoms with Gasteiger partial charge in [0.15, 0.2) is 4.90 Å². The van der Waals surface area contributed by atoms with Gasteiger partial charge in [0, 0.05) is 51.0 Å². The molecule has 1 aliphatic carbocycles. The van der Waals surface area contributed by atoms with Crippen molar-refractivity contribution in [2.24, 2.45) is 29.6 Å². The standard InChI is InChI=1S/C48H70N2O16S/c1-9-33-21-27(2)20-28(3)22-40(62-7)44-41(63-8)24-30(5)48(57,65-44)45(54)46(55)49-19-13-12-15-35(49)47(56)64-43(31(6)36(51)26-37(33)52)29(4)23-32-17-18-39(38(53)25-32)66-67(60,61)42-16-11-10-14-34(42)50(58)59/h10-11,14,16,21,23,28,30-33,35-36,38-41,43-44,51,53,57H,9,12-13,15,17-20,22,24-26H2,1-8H3. The molecule has 3 aliphatic heterocycles. The minimum Gasteiger partial charge on any atom is -0.456 e. The van der Waals surface area contributed by atoms with Gasteiger partial charge in [-0.1, -0.05) is 57.6 Å². The van der Waals surface area contributed by atoms with Gasteiger partial charge in [0.05, 0.1) is 29.3 Å². The lowest BCUT2D eigenvalue weighted by Crippen LogP contribution is -2.64. The fourth-order valence-corrected chi connectivity index (χ4v) is 11.6. The van der Waals surface area contributed by atoms with E-state index in [1.165, 1.54) is 26.4 Å². The maximum Gasteiger partial charge on any atom is 0.329 e. The lowest BCUT2D eigenvalue weighted by Gasteiger charge is -2.47. The minimum atomic E-state index is -4.65. The molecule has 3 N–H and O–H groups in total. The van der Waals surface area contributed by atoms with E-state index in [1.54, 1.807) is 26.8 Å². The van der Waals surface area contributed by atoms with Crippen LogP contribution in [0.1, 0.15) is 112 Å². The van der Waals surface area contributed by atoms with Crippen molar-refractivity contribution in [2.75, 3.05) is 20.8 Å². The summed E-state index contributed by atoms with van der Waals surface area (Å²) in [5.74, 6) is -8.77. The lowest BCUT2D eigenvalue weighted by atomic mass is 9.81. The second-order valence-electron chi connectivity index (χ2n) is 19.2. The van der Waals surface area contributed by atoms with Crippen molar-refractivity contribution in [3.8, 4) is 0 Å². The highest BCUT2D eigenvalue weighted by atomic mass is 32.2. The molecule has 5 rings (SSSR count). The summed E-state index contributed by atoms with van der Waals surface area (Å²) in [5.41, 5.74) is 0.710. The molecule has 0 aromatic heterocycles. The number of fused-ring (bicyclic) bond motifs is 3. The van der Waals surface area contributed by atoms with Gasteiger partial charge in [-0.25, -0.2) is 4.79 Å². The van der Waals surface area contributed by atoms with Crippen molar-refractivity contribution in [2.45, 2.75) is 172 Å². The number of aliphatic hydroxyl groups excluding tert-OH is 2. The summed E-state index contributed by atoms with van der Waals surface area (Å²) in [6.45, 7) is 10.7. The molecule has 0 spiro atoms. The Bertz CT molecular complexity index is 2130. The molecule has 14 atom stereocenters. The van der Waals surface area contributed by atoms with E-state index in [0.717, 1.165) is 22.6 Å². The number of benzene rings is 1. The Balaban J connectivity index is 1.47. The van der Waals surface area contributed by atoms with Crippen LogP contribution in [0.2, 0.25) is 0 Å². The molecule has 2 saturated heterocycles. The highest BCUT2D eigenvalue weighted by Crippen LogP contribution is 2.40. The number of piperidine rings is 1. The quantitative estimate of drug-likeness (QED) is 0.0723. The number of Topliss-reactive ketones (excluding diaryl/α,β-unsaturated/α-hetero) is 2. The lowest BCUT2D eigenvalue weighted by molar-refractivity contribution is -0.387. The molecule has 4 aliphatic rings. The number of ketones is 2. The van der Waals surface area contributed by atoms with Crippen molar-refractivity contribution in [3.63, 3.8) is 0 Å². The summed E-state index contributed by atoms with van der Waals surface area (Å²) in [4.78, 5) is 68.2. The number of allylic oxidation sites excluding steroid dienone is 3. The van der Waals surface area contributed by atoms with E-state index >= 15 is 0 Å². The Hall–Kier alpha value is -3.95. The molecule has 374 valence electrons. The fraction of sp³-hybridized carbons (Fsp3) is 0.708. The Morgan fingerprint density at radius 1 is 0.955 bits per heavy atom. The fourth-order valence-electron chi connectivity index (χ4n) is 10.3. The number of rotatable bonds is 9. The number of carbonyl (C=O) groups is 4. The normalized spacial score (nSPS) is 36.0. The van der Waals surface area contributed by atoms with Crippen LogP contribution in [0.3, 0.4) is 0 Å². The number of hydrogen-bond acceptors (Lipinski definition) is 16. The smallest absolute Gasteiger partial charge is 0.329 e. The van der Waals surface area contributed by atoms with Crippen LogP contribution in [0.15, 0.2) is 52.5 Å². The maximum absolute atomic E-state index is 14.4. The summed E-state index contributed by atoms with van der Waals surface area (Å²) in [7, 11) is -1.65. The first kappa shape index (κ1) is 54.0. The summed E-state index contributed by atoms with van der Waals surface area (Å²) < 4.78 is 55.9. The third-order valence-corrected chi connectivity index (χ3v) is 15.6. The Labute approximate surface area is 393 Å². The third kappa shape index (κ3) is 12.6. The molecular formula is C48H70N2O16S. The first-order valence-corrected chi connectivity index (χ1v) is 24.9. The zero-order valence-corrected chi connectivity index (χ0v) is 40.7. The van der Waals surface area contributed by atoms with Crippen molar-refractivity contribution >= 4 is 39.2 Å². The van der Waals surface area contributed by atoms with Crippen molar-refractivity contribution in [1.82, 2.24) is 4.90 Å². The third-order valence-electron chi connectivity index (χ3n) is 14.2. The maximum atomic E-state index is 14.4. The Morgan fingerprint density at radius 3 is 2.27 bits per heavy atom. The van der Waals surface area contributed by atoms with Gasteiger partial charge >= 0.3 is 16.1 Å². The Morgan fingerprint density at radius 2 is 1.63 bits per heavy atom. The minimum absolute atomic E-state index is 0.000508. The molecule has 14 unspecified atom stereocenters. The first-order chi connectivity index (χ1) is 31.6. The van der Waals surface area contributed by atoms with Crippen LogP contribution in [0.5, 0.6) is 0 Å². The zero-order chi connectivity index (χ0) is 49.5. The van der Waals surface area contributed by atoms with Gasteiger partial charge in [-0.15, -0.1) is 0 Å². The Kier molecular flexibility index (Phi) is 18.6. The van der Waals surface area contributed by atoms with E-state index in [-0.39, 0.29) is 56.8 Å². The monoisotopic (exact) mass is 962 g/mol. The van der Waals surface area contributed by atoms with Gasteiger partial charge in [0.25, 0.3) is 17.4 Å². The molecule has 67 heavy (non-hydrogen) atoms. The van der Waals surface area contributed by atoms with Gasteiger partial charge in [-0.3, -0.25) is 28.7 Å². The first-order valence-electron chi connectivity index (χ1n) is 23.5. The number of esters is 1. The van der Waals surface area contributed by atoms with Crippen molar-refractivity contribution < 1.29 is 71.0 Å². The molecule has 3 fully saturated rings. The van der Waals surface area contributed by atoms with Gasteiger partial charge in [0.1, 0.15) is 30.1 Å². The summed E-state index contributed by atoms with van der Waals surface area (Å²) in [6, 6.07) is 3.49. The number of para-hydroxylation sites is 1. The molecule has 1 amide bonds. The van der Waals surface area contributed by atoms with Crippen LogP contribution in [-0.2, 0) is 52.4 Å². The number of carbonyl (C=O) groups excluding carboxylic acids is 4. The topological polar surface area (TPSA) is 256 Å². The van der Waals surface area contributed by atoms with E-state index in [2.05, 4.69) is 0 Å². The van der Waals surface area contributed by atoms with E-state index in [0.29, 0.717) is 37.7 Å². The van der Waals surface area contributed by atoms with Gasteiger partial charge in [0.2, 0.25) is 5.79 Å². The van der Waals surface area contributed by atoms with E-state index in [1.807, 2.05) is 26.8 Å². The number of amides is 1. The predicted molar refractivity (Wildman–Crippen MR) is 242 cm³/mol. The van der Waals surface area contributed by atoms with Crippen molar-refractivity contribution in [1.29, 1.82) is 0 Å². The van der Waals surface area contributed by atoms with E-state index < -0.39 is 122 Å². The molecular weight excluding hydrogens is 893 g/mol. The number of methoxy groups -OCH3 is 2. The van der Waals surface area contributed by atoms with Gasteiger partial charge in [-0.2, -0.15) is 8.42 Å². The SMILES string of the molecule is CCC1C=C(C)CC(C)CC(OC)C2OC(O)(C(=O)C(=O)N3CCCCC3C(=O)OC(C(C)=CC3CCC(OS(=O)(=O)c4ccccc4[N+](=O)[O-])C(O)C3)C(C)C(O)CC1=O)C(C)CC2OC. The number of ether oxygens (including phenoxy) is 4. The molecule has 1 aromatic rings. The molecule has 2 bridgehead atoms. The molecule has 1 saturated carbocycles. The average Bonchev–Trinajstić information content (AvgIpc) is 3.29. The molecule has 1 aromatic carbocycles. The average molecular weight is 963 g/mol. The van der Waals surface area contributed by atoms with Crippen molar-refractivity contribution in [3.05, 3.63) is 57.7 Å². The highest BCUT2D eigenvalue weighted by molar-refractivity contribution is 7.87. The second-order valence-corrected chi connectivity index (χ2v) is 20.7. The number of nitro groups is 1. The summed E-state index contributed by atoms with van der Waals surface area (Å²) in [5, 5.41) is 46.6. The van der Waals surface area contributed by atoms with Crippen LogP contribution < -0.4 is 0 Å². The van der Waals surface area contributed by atoms with E-state index in [9.17, 15) is 53.0 Å². The van der Waals surface area contributed by atoms with Crippen LogP contribution in [0.25, 0.3) is 0 Å². The van der Waals surface area contributed by atoms with Gasteiger partial charge in [-0.05, 0) is 102 Å². The number of nitro benzene ring substituents is 1. The summed E-state index contributed by atoms with van der Waals surface area (Å²) in [6.07, 6.45) is -0.800. The number of aliphatic hydroxyl groups is 3. The van der Waals surface area contributed by atoms with E-state index in [4.69, 9.17) is 23.1 Å². The largest absolute Gasteiger partial charge is 0.456 e. The molecule has 19 heteroatoms. The molecule has 18 nitrogen and oxygen atoms in total. The predicted octanol–water partition coefficient (Wildman–Crippen LogP) is 5.14. The van der Waals surface area contributed by atoms with Crippen LogP contribution in [-0.4, -0.2) is 132 Å². The van der Waals surface area contributed by atoms with Crippen LogP contribution >= 0.6 is 0 Å². The number of nitrogens with zero attached hydrogens (tertiary/aromatic N) is 2. The zero-order valence-electron chi connectivity index (χ0n) is 39.9. The second kappa shape index (κ2) is 23.1. The molecule has 0 radical (unpaired) electrons. The van der Waals surface area contributed by atoms with Gasteiger partial charge < -0.3 is 39.2 Å². The van der Waals surface area contributed by atoms with Crippen LogP contribution in [0, 0.1) is 39.7 Å². The number of cyclic esters (lactones) is 1. The molecule has 3 heterocycles. The highest BCUT2D eigenvalue weighted by Gasteiger charge is 2.56. The summed E-state index contributed by atoms with van der Waals surface area (Å²) >= 11 is 0.